The third kappa shape index (κ3) is 6.39. The monoisotopic (exact) mass is 551 g/mol. The molecule has 3 rings (SSSR count). The Morgan fingerprint density at radius 3 is 2.39 bits per heavy atom. The first-order chi connectivity index (χ1) is 14.9. The van der Waals surface area contributed by atoms with Crippen LogP contribution >= 0.6 is 31.9 Å². The molecule has 0 atom stereocenters. The lowest BCUT2D eigenvalue weighted by Crippen LogP contribution is -2.14. The molecule has 166 valence electrons. The van der Waals surface area contributed by atoms with E-state index in [-0.39, 0.29) is 11.3 Å². The van der Waals surface area contributed by atoms with E-state index in [4.69, 9.17) is 4.74 Å². The van der Waals surface area contributed by atoms with Crippen molar-refractivity contribution in [2.45, 2.75) is 64.2 Å². The summed E-state index contributed by atoms with van der Waals surface area (Å²) in [5, 5.41) is 11.0. The number of unbranched alkanes of at least 4 members (excludes halogenated alkanes) is 2. The summed E-state index contributed by atoms with van der Waals surface area (Å²) in [6, 6.07) is 9.60. The van der Waals surface area contributed by atoms with E-state index < -0.39 is 10.9 Å². The maximum Gasteiger partial charge on any atom is 0.343 e. The minimum absolute atomic E-state index is 0.137. The van der Waals surface area contributed by atoms with E-state index in [1.807, 2.05) is 12.1 Å². The van der Waals surface area contributed by atoms with Crippen LogP contribution in [-0.4, -0.2) is 10.9 Å². The summed E-state index contributed by atoms with van der Waals surface area (Å²) < 4.78 is 6.95. The highest BCUT2D eigenvalue weighted by molar-refractivity contribution is 9.11. The fourth-order valence-electron chi connectivity index (χ4n) is 4.28. The molecule has 0 N–H and O–H groups in total. The molecule has 1 fully saturated rings. The minimum atomic E-state index is -0.634. The molecule has 31 heavy (non-hydrogen) atoms. The van der Waals surface area contributed by atoms with Crippen molar-refractivity contribution in [2.24, 2.45) is 5.92 Å². The molecule has 1 aliphatic rings. The van der Waals surface area contributed by atoms with Crippen LogP contribution in [0.1, 0.15) is 80.1 Å². The fraction of sp³-hybridized carbons (Fsp3) is 0.458. The summed E-state index contributed by atoms with van der Waals surface area (Å²) in [6.45, 7) is 2.25. The number of hydrogen-bond acceptors (Lipinski definition) is 4. The Morgan fingerprint density at radius 2 is 1.77 bits per heavy atom. The lowest BCUT2D eigenvalue weighted by molar-refractivity contribution is -0.384. The number of nitrogens with zero attached hydrogens (tertiary/aromatic N) is 1. The highest BCUT2D eigenvalue weighted by Crippen LogP contribution is 2.42. The molecule has 0 heterocycles. The Bertz CT molecular complexity index is 916. The van der Waals surface area contributed by atoms with Gasteiger partial charge in [-0.2, -0.15) is 0 Å². The molecule has 2 aromatic carbocycles. The highest BCUT2D eigenvalue weighted by atomic mass is 79.9. The number of rotatable bonds is 8. The highest BCUT2D eigenvalue weighted by Gasteiger charge is 2.24. The second kappa shape index (κ2) is 11.2. The lowest BCUT2D eigenvalue weighted by Gasteiger charge is -2.29. The largest absolute Gasteiger partial charge is 0.421 e. The number of ether oxygens (including phenoxy) is 1. The molecule has 1 saturated carbocycles. The van der Waals surface area contributed by atoms with Gasteiger partial charge >= 0.3 is 5.97 Å². The van der Waals surface area contributed by atoms with Gasteiger partial charge in [0, 0.05) is 12.1 Å². The fourth-order valence-corrected chi connectivity index (χ4v) is 5.66. The van der Waals surface area contributed by atoms with Crippen molar-refractivity contribution in [1.29, 1.82) is 0 Å². The summed E-state index contributed by atoms with van der Waals surface area (Å²) in [4.78, 5) is 23.0. The van der Waals surface area contributed by atoms with E-state index in [1.54, 1.807) is 0 Å². The third-order valence-electron chi connectivity index (χ3n) is 6.04. The number of nitro benzene ring substituents is 1. The van der Waals surface area contributed by atoms with E-state index in [0.29, 0.717) is 20.6 Å². The van der Waals surface area contributed by atoms with Crippen LogP contribution in [0.25, 0.3) is 0 Å². The van der Waals surface area contributed by atoms with Crippen LogP contribution in [0.15, 0.2) is 45.3 Å². The van der Waals surface area contributed by atoms with Gasteiger partial charge in [0.15, 0.2) is 5.75 Å². The van der Waals surface area contributed by atoms with Gasteiger partial charge in [0.05, 0.1) is 19.4 Å². The van der Waals surface area contributed by atoms with Crippen LogP contribution < -0.4 is 4.74 Å². The predicted molar refractivity (Wildman–Crippen MR) is 129 cm³/mol. The standard InChI is InChI=1S/C24H27Br2NO4/c1-2-3-4-6-16-9-11-17(12-10-16)19-14-21(25)23(22(26)15-19)31-24(28)18-7-5-8-20(13-18)27(29)30/h5,7-8,13-17H,2-4,6,9-12H2,1H3. The van der Waals surface area contributed by atoms with Crippen molar-refractivity contribution in [3.05, 3.63) is 66.6 Å². The molecule has 0 aliphatic heterocycles. The number of carbonyl (C=O) groups excluding carboxylic acids is 1. The zero-order valence-electron chi connectivity index (χ0n) is 17.6. The van der Waals surface area contributed by atoms with Gasteiger partial charge < -0.3 is 4.74 Å². The Labute approximate surface area is 200 Å². The van der Waals surface area contributed by atoms with Gasteiger partial charge in [-0.25, -0.2) is 4.79 Å². The second-order valence-corrected chi connectivity index (χ2v) is 9.93. The first-order valence-electron chi connectivity index (χ1n) is 10.8. The molecule has 0 saturated heterocycles. The van der Waals surface area contributed by atoms with Crippen LogP contribution in [0.3, 0.4) is 0 Å². The van der Waals surface area contributed by atoms with Crippen LogP contribution in [-0.2, 0) is 0 Å². The summed E-state index contributed by atoms with van der Waals surface area (Å²) >= 11 is 7.08. The number of non-ortho nitro benzene ring substituents is 1. The maximum atomic E-state index is 12.5. The van der Waals surface area contributed by atoms with Crippen molar-refractivity contribution in [3.63, 3.8) is 0 Å². The van der Waals surface area contributed by atoms with Crippen LogP contribution in [0, 0.1) is 16.0 Å². The molecule has 5 nitrogen and oxygen atoms in total. The van der Waals surface area contributed by atoms with Gasteiger partial charge in [0.2, 0.25) is 0 Å². The number of benzene rings is 2. The molecule has 0 spiro atoms. The Hall–Kier alpha value is -1.73. The SMILES string of the molecule is CCCCCC1CCC(c2cc(Br)c(OC(=O)c3cccc([N+](=O)[O-])c3)c(Br)c2)CC1. The number of halogens is 2. The number of esters is 1. The first kappa shape index (κ1) is 23.9. The van der Waals surface area contributed by atoms with Gasteiger partial charge in [-0.1, -0.05) is 38.7 Å². The molecule has 0 aromatic heterocycles. The van der Waals surface area contributed by atoms with Gasteiger partial charge in [-0.15, -0.1) is 0 Å². The first-order valence-corrected chi connectivity index (χ1v) is 12.4. The molecule has 0 unspecified atom stereocenters. The van der Waals surface area contributed by atoms with Crippen molar-refractivity contribution in [2.75, 3.05) is 0 Å². The van der Waals surface area contributed by atoms with Crippen molar-refractivity contribution < 1.29 is 14.5 Å². The van der Waals surface area contributed by atoms with E-state index in [0.717, 1.165) is 5.92 Å². The van der Waals surface area contributed by atoms with Crippen LogP contribution in [0.2, 0.25) is 0 Å². The Kier molecular flexibility index (Phi) is 8.67. The Balaban J connectivity index is 1.66. The van der Waals surface area contributed by atoms with Gasteiger partial charge in [-0.3, -0.25) is 10.1 Å². The third-order valence-corrected chi connectivity index (χ3v) is 7.22. The van der Waals surface area contributed by atoms with E-state index in [2.05, 4.69) is 38.8 Å². The van der Waals surface area contributed by atoms with Gasteiger partial charge in [-0.05, 0) is 93.1 Å². The summed E-state index contributed by atoms with van der Waals surface area (Å²) in [7, 11) is 0. The zero-order valence-corrected chi connectivity index (χ0v) is 20.8. The smallest absolute Gasteiger partial charge is 0.343 e. The molecule has 0 bridgehead atoms. The van der Waals surface area contributed by atoms with Gasteiger partial charge in [0.1, 0.15) is 0 Å². The zero-order chi connectivity index (χ0) is 22.4. The average Bonchev–Trinajstić information content (AvgIpc) is 2.76. The summed E-state index contributed by atoms with van der Waals surface area (Å²) in [5.74, 6) is 1.11. The topological polar surface area (TPSA) is 69.4 Å². The Morgan fingerprint density at radius 1 is 1.10 bits per heavy atom. The second-order valence-electron chi connectivity index (χ2n) is 8.22. The van der Waals surface area contributed by atoms with Crippen LogP contribution in [0.4, 0.5) is 5.69 Å². The number of nitro groups is 1. The normalized spacial score (nSPS) is 18.5. The minimum Gasteiger partial charge on any atom is -0.421 e. The van der Waals surface area contributed by atoms with Crippen molar-refractivity contribution in [1.82, 2.24) is 0 Å². The van der Waals surface area contributed by atoms with Crippen LogP contribution in [0.5, 0.6) is 5.75 Å². The summed E-state index contributed by atoms with van der Waals surface area (Å²) in [5.41, 5.74) is 1.23. The molecule has 0 amide bonds. The van der Waals surface area contributed by atoms with Gasteiger partial charge in [0.25, 0.3) is 5.69 Å². The average molecular weight is 553 g/mol. The molecule has 0 radical (unpaired) electrons. The maximum absolute atomic E-state index is 12.5. The van der Waals surface area contributed by atoms with Crippen molar-refractivity contribution in [3.8, 4) is 5.75 Å². The van der Waals surface area contributed by atoms with E-state index in [1.165, 1.54) is 81.2 Å². The van der Waals surface area contributed by atoms with Crippen molar-refractivity contribution >= 4 is 43.5 Å². The van der Waals surface area contributed by atoms with E-state index >= 15 is 0 Å². The molecule has 1 aliphatic carbocycles. The molecular formula is C24H27Br2NO4. The molecule has 7 heteroatoms. The predicted octanol–water partition coefficient (Wildman–Crippen LogP) is 8.19. The molecular weight excluding hydrogens is 526 g/mol. The summed E-state index contributed by atoms with van der Waals surface area (Å²) in [6.07, 6.45) is 10.2. The molecule has 2 aromatic rings. The lowest BCUT2D eigenvalue weighted by atomic mass is 9.77. The van der Waals surface area contributed by atoms with E-state index in [9.17, 15) is 14.9 Å². The quantitative estimate of drug-likeness (QED) is 0.109. The number of carbonyl (C=O) groups is 1. The number of hydrogen-bond donors (Lipinski definition) is 0.